The highest BCUT2D eigenvalue weighted by molar-refractivity contribution is 5.81. The highest BCUT2D eigenvalue weighted by atomic mass is 16.4. The van der Waals surface area contributed by atoms with Crippen molar-refractivity contribution in [1.29, 1.82) is 0 Å². The van der Waals surface area contributed by atoms with Crippen LogP contribution < -0.4 is 5.73 Å². The van der Waals surface area contributed by atoms with E-state index >= 15 is 0 Å². The average Bonchev–Trinajstić information content (AvgIpc) is 2.25. The number of nitrogens with two attached hydrogens (primary N) is 1. The fourth-order valence-electron chi connectivity index (χ4n) is 2.14. The van der Waals surface area contributed by atoms with Crippen molar-refractivity contribution in [3.05, 3.63) is 0 Å². The number of carboxylic acid groups (broad SMARTS) is 1. The summed E-state index contributed by atoms with van der Waals surface area (Å²) in [6.45, 7) is 2.38. The SMILES string of the molecule is C[C@H](N)C(=O)N1CCCCC1CCC(=O)O. The largest absolute Gasteiger partial charge is 0.481 e. The molecule has 1 amide bonds. The molecule has 5 nitrogen and oxygen atoms in total. The second-order valence-electron chi connectivity index (χ2n) is 4.40. The minimum Gasteiger partial charge on any atom is -0.481 e. The van der Waals surface area contributed by atoms with E-state index in [9.17, 15) is 9.59 Å². The predicted molar refractivity (Wildman–Crippen MR) is 59.9 cm³/mol. The van der Waals surface area contributed by atoms with Gasteiger partial charge in [-0.2, -0.15) is 0 Å². The Labute approximate surface area is 95.6 Å². The first kappa shape index (κ1) is 13.0. The molecule has 2 atom stereocenters. The summed E-state index contributed by atoms with van der Waals surface area (Å²) < 4.78 is 0. The maximum atomic E-state index is 11.8. The molecule has 0 aromatic carbocycles. The number of amides is 1. The van der Waals surface area contributed by atoms with Gasteiger partial charge in [0.1, 0.15) is 0 Å². The normalized spacial score (nSPS) is 22.9. The lowest BCUT2D eigenvalue weighted by Gasteiger charge is -2.36. The first-order valence-electron chi connectivity index (χ1n) is 5.80. The summed E-state index contributed by atoms with van der Waals surface area (Å²) in [5, 5.41) is 8.65. The third kappa shape index (κ3) is 3.48. The highest BCUT2D eigenvalue weighted by Crippen LogP contribution is 2.21. The molecule has 0 bridgehead atoms. The lowest BCUT2D eigenvalue weighted by atomic mass is 9.97. The third-order valence-corrected chi connectivity index (χ3v) is 2.99. The van der Waals surface area contributed by atoms with E-state index in [4.69, 9.17) is 10.8 Å². The molecule has 1 aliphatic rings. The minimum atomic E-state index is -0.807. The van der Waals surface area contributed by atoms with Gasteiger partial charge in [-0.3, -0.25) is 9.59 Å². The van der Waals surface area contributed by atoms with Gasteiger partial charge in [0.15, 0.2) is 0 Å². The molecular formula is C11H20N2O3. The van der Waals surface area contributed by atoms with Crippen molar-refractivity contribution < 1.29 is 14.7 Å². The Morgan fingerprint density at radius 1 is 1.50 bits per heavy atom. The first-order chi connectivity index (χ1) is 7.52. The van der Waals surface area contributed by atoms with Gasteiger partial charge in [0.05, 0.1) is 6.04 Å². The van der Waals surface area contributed by atoms with E-state index in [-0.39, 0.29) is 18.4 Å². The number of carbonyl (C=O) groups excluding carboxylic acids is 1. The molecular weight excluding hydrogens is 208 g/mol. The van der Waals surface area contributed by atoms with E-state index in [2.05, 4.69) is 0 Å². The van der Waals surface area contributed by atoms with Crippen molar-refractivity contribution >= 4 is 11.9 Å². The Morgan fingerprint density at radius 3 is 2.75 bits per heavy atom. The van der Waals surface area contributed by atoms with Crippen LogP contribution in [0.4, 0.5) is 0 Å². The molecule has 0 aliphatic carbocycles. The van der Waals surface area contributed by atoms with Gasteiger partial charge in [-0.25, -0.2) is 0 Å². The summed E-state index contributed by atoms with van der Waals surface area (Å²) in [4.78, 5) is 24.1. The van der Waals surface area contributed by atoms with Crippen molar-refractivity contribution in [2.24, 2.45) is 5.73 Å². The van der Waals surface area contributed by atoms with E-state index in [0.29, 0.717) is 13.0 Å². The van der Waals surface area contributed by atoms with Crippen molar-refractivity contribution in [2.45, 2.75) is 51.1 Å². The first-order valence-corrected chi connectivity index (χ1v) is 5.80. The lowest BCUT2D eigenvalue weighted by molar-refractivity contribution is -0.140. The van der Waals surface area contributed by atoms with Crippen LogP contribution in [0.5, 0.6) is 0 Å². The molecule has 0 aromatic heterocycles. The maximum Gasteiger partial charge on any atom is 0.303 e. The monoisotopic (exact) mass is 228 g/mol. The van der Waals surface area contributed by atoms with E-state index < -0.39 is 12.0 Å². The molecule has 1 rings (SSSR count). The van der Waals surface area contributed by atoms with E-state index in [0.717, 1.165) is 19.3 Å². The Kier molecular flexibility index (Phi) is 4.73. The Morgan fingerprint density at radius 2 is 2.19 bits per heavy atom. The van der Waals surface area contributed by atoms with Crippen molar-refractivity contribution in [2.75, 3.05) is 6.54 Å². The highest BCUT2D eigenvalue weighted by Gasteiger charge is 2.28. The van der Waals surface area contributed by atoms with Crippen LogP contribution >= 0.6 is 0 Å². The Balaban J connectivity index is 2.56. The predicted octanol–water partition coefficient (Wildman–Crippen LogP) is 0.579. The Bertz CT molecular complexity index is 266. The number of carboxylic acids is 1. The number of aliphatic carboxylic acids is 1. The minimum absolute atomic E-state index is 0.0587. The molecule has 1 aliphatic heterocycles. The van der Waals surface area contributed by atoms with Crippen LogP contribution in [-0.2, 0) is 9.59 Å². The molecule has 1 saturated heterocycles. The molecule has 16 heavy (non-hydrogen) atoms. The molecule has 5 heteroatoms. The van der Waals surface area contributed by atoms with Crippen LogP contribution in [0, 0.1) is 0 Å². The van der Waals surface area contributed by atoms with Gasteiger partial charge in [0.25, 0.3) is 0 Å². The molecule has 1 fully saturated rings. The second kappa shape index (κ2) is 5.84. The molecule has 0 saturated carbocycles. The average molecular weight is 228 g/mol. The number of likely N-dealkylation sites (tertiary alicyclic amines) is 1. The fourth-order valence-corrected chi connectivity index (χ4v) is 2.14. The molecule has 1 unspecified atom stereocenters. The molecule has 0 radical (unpaired) electrons. The third-order valence-electron chi connectivity index (χ3n) is 2.99. The number of rotatable bonds is 4. The molecule has 0 aromatic rings. The second-order valence-corrected chi connectivity index (χ2v) is 4.40. The number of hydrogen-bond donors (Lipinski definition) is 2. The lowest BCUT2D eigenvalue weighted by Crippen LogP contribution is -2.49. The molecule has 1 heterocycles. The smallest absolute Gasteiger partial charge is 0.303 e. The van der Waals surface area contributed by atoms with E-state index in [1.807, 2.05) is 0 Å². The van der Waals surface area contributed by atoms with Crippen LogP contribution in [0.15, 0.2) is 0 Å². The zero-order valence-corrected chi connectivity index (χ0v) is 9.69. The van der Waals surface area contributed by atoms with Gasteiger partial charge in [0.2, 0.25) is 5.91 Å². The number of nitrogens with zero attached hydrogens (tertiary/aromatic N) is 1. The quantitative estimate of drug-likeness (QED) is 0.737. The standard InChI is InChI=1S/C11H20N2O3/c1-8(12)11(16)13-7-3-2-4-9(13)5-6-10(14)15/h8-9H,2-7,12H2,1H3,(H,14,15)/t8-,9?/m0/s1. The number of carbonyl (C=O) groups is 2. The maximum absolute atomic E-state index is 11.8. The van der Waals surface area contributed by atoms with Crippen LogP contribution in [0.1, 0.15) is 39.0 Å². The van der Waals surface area contributed by atoms with Gasteiger partial charge in [-0.1, -0.05) is 0 Å². The van der Waals surface area contributed by atoms with Crippen molar-refractivity contribution in [3.63, 3.8) is 0 Å². The molecule has 92 valence electrons. The van der Waals surface area contributed by atoms with Gasteiger partial charge >= 0.3 is 5.97 Å². The van der Waals surface area contributed by atoms with Gasteiger partial charge in [0, 0.05) is 19.0 Å². The summed E-state index contributed by atoms with van der Waals surface area (Å²) in [6.07, 6.45) is 3.60. The Hall–Kier alpha value is -1.10. The van der Waals surface area contributed by atoms with Gasteiger partial charge < -0.3 is 15.7 Å². The zero-order chi connectivity index (χ0) is 12.1. The van der Waals surface area contributed by atoms with Crippen molar-refractivity contribution in [1.82, 2.24) is 4.90 Å². The summed E-state index contributed by atoms with van der Waals surface area (Å²) in [5.74, 6) is -0.867. The fraction of sp³-hybridized carbons (Fsp3) is 0.818. The summed E-state index contributed by atoms with van der Waals surface area (Å²) >= 11 is 0. The van der Waals surface area contributed by atoms with Crippen molar-refractivity contribution in [3.8, 4) is 0 Å². The zero-order valence-electron chi connectivity index (χ0n) is 9.69. The molecule has 0 spiro atoms. The van der Waals surface area contributed by atoms with Gasteiger partial charge in [-0.15, -0.1) is 0 Å². The number of hydrogen-bond acceptors (Lipinski definition) is 3. The van der Waals surface area contributed by atoms with Gasteiger partial charge in [-0.05, 0) is 32.6 Å². The number of piperidine rings is 1. The van der Waals surface area contributed by atoms with Crippen LogP contribution in [-0.4, -0.2) is 40.5 Å². The van der Waals surface area contributed by atoms with Crippen LogP contribution in [0.3, 0.4) is 0 Å². The molecule has 3 N–H and O–H groups in total. The summed E-state index contributed by atoms with van der Waals surface area (Å²) in [5.41, 5.74) is 5.58. The van der Waals surface area contributed by atoms with E-state index in [1.54, 1.807) is 11.8 Å². The van der Waals surface area contributed by atoms with Crippen LogP contribution in [0.25, 0.3) is 0 Å². The van der Waals surface area contributed by atoms with Crippen LogP contribution in [0.2, 0.25) is 0 Å². The summed E-state index contributed by atoms with van der Waals surface area (Å²) in [7, 11) is 0. The topological polar surface area (TPSA) is 83.6 Å². The van der Waals surface area contributed by atoms with E-state index in [1.165, 1.54) is 0 Å². The summed E-state index contributed by atoms with van der Waals surface area (Å²) in [6, 6.07) is -0.436.